The standard InChI is InChI=1S/C22H28N2O4S/c1-17-9-7-11-20(15-17)28-18(2)22(25)23-19-10-8-12-21(16-19)29(26,27)24-13-5-3-4-6-14-24/h7-12,15-16,18H,3-6,13-14H2,1-2H3,(H,23,25)/t18-/m1/s1. The molecule has 0 saturated carbocycles. The first kappa shape index (κ1) is 21.3. The summed E-state index contributed by atoms with van der Waals surface area (Å²) in [5, 5.41) is 2.76. The van der Waals surface area contributed by atoms with Gasteiger partial charge in [0.2, 0.25) is 10.0 Å². The number of nitrogens with one attached hydrogen (secondary N) is 1. The normalized spacial score (nSPS) is 16.6. The van der Waals surface area contributed by atoms with Crippen molar-refractivity contribution >= 4 is 21.6 Å². The van der Waals surface area contributed by atoms with E-state index in [0.29, 0.717) is 24.5 Å². The Kier molecular flexibility index (Phi) is 6.92. The summed E-state index contributed by atoms with van der Waals surface area (Å²) >= 11 is 0. The molecule has 1 atom stereocenters. The van der Waals surface area contributed by atoms with Gasteiger partial charge >= 0.3 is 0 Å². The highest BCUT2D eigenvalue weighted by molar-refractivity contribution is 7.89. The van der Waals surface area contributed by atoms with Gasteiger partial charge in [0, 0.05) is 18.8 Å². The molecular weight excluding hydrogens is 388 g/mol. The predicted molar refractivity (Wildman–Crippen MR) is 114 cm³/mol. The maximum absolute atomic E-state index is 13.0. The topological polar surface area (TPSA) is 75.7 Å². The lowest BCUT2D eigenvalue weighted by Crippen LogP contribution is -2.32. The third kappa shape index (κ3) is 5.58. The van der Waals surface area contributed by atoms with Crippen molar-refractivity contribution in [2.24, 2.45) is 0 Å². The number of benzene rings is 2. The van der Waals surface area contributed by atoms with E-state index in [1.165, 1.54) is 6.07 Å². The molecule has 1 fully saturated rings. The number of amides is 1. The van der Waals surface area contributed by atoms with Crippen LogP contribution in [0.3, 0.4) is 0 Å². The molecule has 0 unspecified atom stereocenters. The molecule has 6 nitrogen and oxygen atoms in total. The summed E-state index contributed by atoms with van der Waals surface area (Å²) in [5.41, 5.74) is 1.48. The summed E-state index contributed by atoms with van der Waals surface area (Å²) in [6.45, 7) is 4.70. The highest BCUT2D eigenvalue weighted by Crippen LogP contribution is 2.23. The zero-order chi connectivity index (χ0) is 20.9. The third-order valence-corrected chi connectivity index (χ3v) is 6.87. The van der Waals surface area contributed by atoms with Crippen LogP contribution in [0.4, 0.5) is 5.69 Å². The lowest BCUT2D eigenvalue weighted by atomic mass is 10.2. The summed E-state index contributed by atoms with van der Waals surface area (Å²) in [6, 6.07) is 13.9. The van der Waals surface area contributed by atoms with Crippen LogP contribution in [0.5, 0.6) is 5.75 Å². The van der Waals surface area contributed by atoms with Gasteiger partial charge in [0.25, 0.3) is 5.91 Å². The van der Waals surface area contributed by atoms with E-state index in [1.54, 1.807) is 35.5 Å². The zero-order valence-corrected chi connectivity index (χ0v) is 17.7. The summed E-state index contributed by atoms with van der Waals surface area (Å²) < 4.78 is 33.2. The van der Waals surface area contributed by atoms with Crippen molar-refractivity contribution in [2.75, 3.05) is 18.4 Å². The molecule has 1 aliphatic heterocycles. The number of carbonyl (C=O) groups excluding carboxylic acids is 1. The number of aryl methyl sites for hydroxylation is 1. The maximum Gasteiger partial charge on any atom is 0.265 e. The second-order valence-electron chi connectivity index (χ2n) is 7.41. The molecule has 0 bridgehead atoms. The monoisotopic (exact) mass is 416 g/mol. The zero-order valence-electron chi connectivity index (χ0n) is 16.9. The van der Waals surface area contributed by atoms with Gasteiger partial charge in [-0.3, -0.25) is 4.79 Å². The van der Waals surface area contributed by atoms with Gasteiger partial charge in [0.05, 0.1) is 4.90 Å². The first-order chi connectivity index (χ1) is 13.9. The van der Waals surface area contributed by atoms with Crippen molar-refractivity contribution in [1.29, 1.82) is 0 Å². The molecule has 3 rings (SSSR count). The van der Waals surface area contributed by atoms with Crippen LogP contribution in [0, 0.1) is 6.92 Å². The van der Waals surface area contributed by atoms with Gasteiger partial charge < -0.3 is 10.1 Å². The van der Waals surface area contributed by atoms with E-state index in [9.17, 15) is 13.2 Å². The molecule has 1 aliphatic rings. The Hall–Kier alpha value is -2.38. The Morgan fingerprint density at radius 3 is 2.41 bits per heavy atom. The maximum atomic E-state index is 13.0. The van der Waals surface area contributed by atoms with E-state index >= 15 is 0 Å². The molecule has 2 aromatic carbocycles. The van der Waals surface area contributed by atoms with E-state index in [4.69, 9.17) is 4.74 Å². The summed E-state index contributed by atoms with van der Waals surface area (Å²) in [4.78, 5) is 12.7. The SMILES string of the molecule is Cc1cccc(O[C@H](C)C(=O)Nc2cccc(S(=O)(=O)N3CCCCCC3)c2)c1. The number of sulfonamides is 1. The van der Waals surface area contributed by atoms with Gasteiger partial charge in [0.15, 0.2) is 6.10 Å². The first-order valence-electron chi connectivity index (χ1n) is 10.0. The average molecular weight is 417 g/mol. The van der Waals surface area contributed by atoms with Crippen LogP contribution < -0.4 is 10.1 Å². The number of anilines is 1. The van der Waals surface area contributed by atoms with Gasteiger partial charge in [-0.25, -0.2) is 8.42 Å². The van der Waals surface area contributed by atoms with E-state index in [0.717, 1.165) is 31.2 Å². The van der Waals surface area contributed by atoms with Crippen molar-refractivity contribution in [3.05, 3.63) is 54.1 Å². The Bertz CT molecular complexity index is 951. The van der Waals surface area contributed by atoms with Crippen molar-refractivity contribution < 1.29 is 17.9 Å². The molecule has 1 N–H and O–H groups in total. The van der Waals surface area contributed by atoms with Crippen LogP contribution in [-0.2, 0) is 14.8 Å². The van der Waals surface area contributed by atoms with Crippen LogP contribution in [-0.4, -0.2) is 37.8 Å². The number of nitrogens with zero attached hydrogens (tertiary/aromatic N) is 1. The number of ether oxygens (including phenoxy) is 1. The quantitative estimate of drug-likeness (QED) is 0.773. The molecule has 2 aromatic rings. The van der Waals surface area contributed by atoms with Crippen LogP contribution >= 0.6 is 0 Å². The Morgan fingerprint density at radius 2 is 1.72 bits per heavy atom. The Labute approximate surface area is 172 Å². The summed E-state index contributed by atoms with van der Waals surface area (Å²) in [6.07, 6.45) is 3.15. The van der Waals surface area contributed by atoms with Crippen molar-refractivity contribution in [3.63, 3.8) is 0 Å². The van der Waals surface area contributed by atoms with Crippen LogP contribution in [0.1, 0.15) is 38.2 Å². The van der Waals surface area contributed by atoms with E-state index < -0.39 is 16.1 Å². The van der Waals surface area contributed by atoms with Crippen molar-refractivity contribution in [2.45, 2.75) is 50.5 Å². The van der Waals surface area contributed by atoms with E-state index in [2.05, 4.69) is 5.32 Å². The molecule has 1 heterocycles. The van der Waals surface area contributed by atoms with Crippen LogP contribution in [0.25, 0.3) is 0 Å². The predicted octanol–water partition coefficient (Wildman–Crippen LogP) is 3.97. The molecular formula is C22H28N2O4S. The van der Waals surface area contributed by atoms with E-state index in [-0.39, 0.29) is 10.8 Å². The molecule has 0 aromatic heterocycles. The molecule has 0 aliphatic carbocycles. The summed E-state index contributed by atoms with van der Waals surface area (Å²) in [7, 11) is -3.57. The smallest absolute Gasteiger partial charge is 0.265 e. The van der Waals surface area contributed by atoms with Crippen molar-refractivity contribution in [3.8, 4) is 5.75 Å². The molecule has 29 heavy (non-hydrogen) atoms. The highest BCUT2D eigenvalue weighted by Gasteiger charge is 2.25. The van der Waals surface area contributed by atoms with Gasteiger partial charge in [-0.1, -0.05) is 31.0 Å². The minimum Gasteiger partial charge on any atom is -0.481 e. The lowest BCUT2D eigenvalue weighted by Gasteiger charge is -2.20. The fourth-order valence-corrected chi connectivity index (χ4v) is 4.92. The first-order valence-corrected chi connectivity index (χ1v) is 11.4. The van der Waals surface area contributed by atoms with Gasteiger partial charge in [0.1, 0.15) is 5.75 Å². The molecule has 0 radical (unpaired) electrons. The van der Waals surface area contributed by atoms with Gasteiger partial charge in [-0.05, 0) is 62.6 Å². The number of rotatable bonds is 6. The molecule has 156 valence electrons. The fraction of sp³-hybridized carbons (Fsp3) is 0.409. The van der Waals surface area contributed by atoms with Crippen LogP contribution in [0.15, 0.2) is 53.4 Å². The minimum absolute atomic E-state index is 0.199. The van der Waals surface area contributed by atoms with Gasteiger partial charge in [-0.15, -0.1) is 0 Å². The van der Waals surface area contributed by atoms with E-state index in [1.807, 2.05) is 25.1 Å². The number of hydrogen-bond acceptors (Lipinski definition) is 4. The summed E-state index contributed by atoms with van der Waals surface area (Å²) in [5.74, 6) is 0.279. The lowest BCUT2D eigenvalue weighted by molar-refractivity contribution is -0.122. The van der Waals surface area contributed by atoms with Gasteiger partial charge in [-0.2, -0.15) is 4.31 Å². The van der Waals surface area contributed by atoms with Crippen LogP contribution in [0.2, 0.25) is 0 Å². The molecule has 1 saturated heterocycles. The molecule has 1 amide bonds. The largest absolute Gasteiger partial charge is 0.481 e. The number of hydrogen-bond donors (Lipinski definition) is 1. The Balaban J connectivity index is 1.69. The second kappa shape index (κ2) is 9.41. The fourth-order valence-electron chi connectivity index (χ4n) is 3.36. The van der Waals surface area contributed by atoms with Crippen molar-refractivity contribution in [1.82, 2.24) is 4.31 Å². The molecule has 0 spiro atoms. The Morgan fingerprint density at radius 1 is 1.03 bits per heavy atom. The number of carbonyl (C=O) groups is 1. The highest BCUT2D eigenvalue weighted by atomic mass is 32.2. The minimum atomic E-state index is -3.57. The third-order valence-electron chi connectivity index (χ3n) is 4.98. The average Bonchev–Trinajstić information content (AvgIpc) is 2.98. The molecule has 7 heteroatoms. The second-order valence-corrected chi connectivity index (χ2v) is 9.35.